The summed E-state index contributed by atoms with van der Waals surface area (Å²) in [4.78, 5) is 20.3. The molecular weight excluding hydrogens is 406 g/mol. The van der Waals surface area contributed by atoms with E-state index in [-0.39, 0.29) is 0 Å². The number of nitrogens with zero attached hydrogens (tertiary/aromatic N) is 5. The molecule has 0 N–H and O–H groups in total. The van der Waals surface area contributed by atoms with Gasteiger partial charge in [-0.3, -0.25) is 0 Å². The van der Waals surface area contributed by atoms with E-state index < -0.39 is 0 Å². The Hall–Kier alpha value is -2.51. The minimum Gasteiger partial charge on any atom is -0.497 e. The fraction of sp³-hybridized carbons (Fsp3) is 0.458. The monoisotopic (exact) mass is 435 g/mol. The van der Waals surface area contributed by atoms with Crippen LogP contribution in [0.15, 0.2) is 36.8 Å². The lowest BCUT2D eigenvalue weighted by Crippen LogP contribution is -2.44. The summed E-state index contributed by atoms with van der Waals surface area (Å²) in [5.41, 5.74) is 4.46. The van der Waals surface area contributed by atoms with E-state index >= 15 is 0 Å². The third kappa shape index (κ3) is 4.16. The SMILES string of the molecule is COc1ccc(-c2nc(N3CCN(C)CC3)sc2-c2ncncc2C2CCCC2)cc1. The van der Waals surface area contributed by atoms with Gasteiger partial charge >= 0.3 is 0 Å². The summed E-state index contributed by atoms with van der Waals surface area (Å²) in [6.07, 6.45) is 8.75. The molecule has 1 aliphatic carbocycles. The Labute approximate surface area is 187 Å². The molecule has 1 saturated heterocycles. The van der Waals surface area contributed by atoms with Crippen molar-refractivity contribution in [1.29, 1.82) is 0 Å². The summed E-state index contributed by atoms with van der Waals surface area (Å²) in [7, 11) is 3.88. The predicted molar refractivity (Wildman–Crippen MR) is 126 cm³/mol. The smallest absolute Gasteiger partial charge is 0.186 e. The Kier molecular flexibility index (Phi) is 5.87. The highest BCUT2D eigenvalue weighted by molar-refractivity contribution is 7.19. The third-order valence-electron chi connectivity index (χ3n) is 6.50. The summed E-state index contributed by atoms with van der Waals surface area (Å²) in [5, 5.41) is 1.09. The lowest BCUT2D eigenvalue weighted by molar-refractivity contribution is 0.313. The van der Waals surface area contributed by atoms with Crippen LogP contribution in [-0.4, -0.2) is 60.2 Å². The average Bonchev–Trinajstić information content (AvgIpc) is 3.50. The van der Waals surface area contributed by atoms with Crippen molar-refractivity contribution in [2.24, 2.45) is 0 Å². The highest BCUT2D eigenvalue weighted by Gasteiger charge is 2.27. The highest BCUT2D eigenvalue weighted by Crippen LogP contribution is 2.45. The van der Waals surface area contributed by atoms with E-state index in [2.05, 4.69) is 34.0 Å². The van der Waals surface area contributed by atoms with Gasteiger partial charge in [-0.15, -0.1) is 0 Å². The molecule has 31 heavy (non-hydrogen) atoms. The summed E-state index contributed by atoms with van der Waals surface area (Å²) in [6.45, 7) is 4.14. The van der Waals surface area contributed by atoms with E-state index in [1.165, 1.54) is 31.2 Å². The van der Waals surface area contributed by atoms with Crippen LogP contribution in [0, 0.1) is 0 Å². The number of ether oxygens (including phenoxy) is 1. The minimum absolute atomic E-state index is 0.550. The van der Waals surface area contributed by atoms with E-state index in [9.17, 15) is 0 Å². The molecule has 3 aromatic rings. The molecule has 0 atom stereocenters. The quantitative estimate of drug-likeness (QED) is 0.580. The molecule has 7 heteroatoms. The van der Waals surface area contributed by atoms with Gasteiger partial charge in [0.1, 0.15) is 12.1 Å². The van der Waals surface area contributed by atoms with Crippen molar-refractivity contribution in [3.8, 4) is 27.6 Å². The first kappa shape index (κ1) is 20.4. The number of thiazole rings is 1. The number of hydrogen-bond acceptors (Lipinski definition) is 7. The Morgan fingerprint density at radius 2 is 1.74 bits per heavy atom. The molecule has 0 spiro atoms. The highest BCUT2D eigenvalue weighted by atomic mass is 32.1. The summed E-state index contributed by atoms with van der Waals surface area (Å²) < 4.78 is 5.37. The molecule has 1 aromatic carbocycles. The lowest BCUT2D eigenvalue weighted by Gasteiger charge is -2.32. The molecule has 6 nitrogen and oxygen atoms in total. The topological polar surface area (TPSA) is 54.4 Å². The Bertz CT molecular complexity index is 1020. The predicted octanol–water partition coefficient (Wildman–Crippen LogP) is 4.69. The Morgan fingerprint density at radius 3 is 2.45 bits per heavy atom. The molecule has 0 radical (unpaired) electrons. The maximum atomic E-state index is 5.37. The van der Waals surface area contributed by atoms with Crippen molar-refractivity contribution >= 4 is 16.5 Å². The number of methoxy groups -OCH3 is 1. The third-order valence-corrected chi connectivity index (χ3v) is 7.63. The molecular formula is C24H29N5OS. The van der Waals surface area contributed by atoms with Crippen LogP contribution in [0.3, 0.4) is 0 Å². The van der Waals surface area contributed by atoms with Gasteiger partial charge < -0.3 is 14.5 Å². The van der Waals surface area contributed by atoms with Crippen molar-refractivity contribution in [3.63, 3.8) is 0 Å². The first-order chi connectivity index (χ1) is 15.2. The van der Waals surface area contributed by atoms with Crippen LogP contribution in [-0.2, 0) is 0 Å². The molecule has 2 aliphatic rings. The molecule has 162 valence electrons. The zero-order valence-corrected chi connectivity index (χ0v) is 19.1. The van der Waals surface area contributed by atoms with Gasteiger partial charge in [0, 0.05) is 43.5 Å². The lowest BCUT2D eigenvalue weighted by atomic mass is 9.96. The Morgan fingerprint density at radius 1 is 1.00 bits per heavy atom. The van der Waals surface area contributed by atoms with E-state index in [1.54, 1.807) is 24.8 Å². The summed E-state index contributed by atoms with van der Waals surface area (Å²) in [5.74, 6) is 1.41. The second-order valence-electron chi connectivity index (χ2n) is 8.50. The van der Waals surface area contributed by atoms with E-state index in [0.29, 0.717) is 5.92 Å². The van der Waals surface area contributed by atoms with Crippen molar-refractivity contribution in [1.82, 2.24) is 19.9 Å². The van der Waals surface area contributed by atoms with Crippen LogP contribution in [0.1, 0.15) is 37.2 Å². The number of piperazine rings is 1. The van der Waals surface area contributed by atoms with Gasteiger partial charge in [0.15, 0.2) is 5.13 Å². The summed E-state index contributed by atoms with van der Waals surface area (Å²) in [6, 6.07) is 8.21. The number of anilines is 1. The molecule has 0 bridgehead atoms. The zero-order valence-electron chi connectivity index (χ0n) is 18.3. The molecule has 3 heterocycles. The Balaban J connectivity index is 1.60. The van der Waals surface area contributed by atoms with Gasteiger partial charge in [-0.25, -0.2) is 15.0 Å². The zero-order chi connectivity index (χ0) is 21.2. The maximum absolute atomic E-state index is 5.37. The van der Waals surface area contributed by atoms with Crippen molar-refractivity contribution in [2.75, 3.05) is 45.2 Å². The fourth-order valence-electron chi connectivity index (χ4n) is 4.61. The number of aromatic nitrogens is 3. The number of likely N-dealkylation sites (N-methyl/N-ethyl adjacent to an activating group) is 1. The summed E-state index contributed by atoms with van der Waals surface area (Å²) >= 11 is 1.77. The van der Waals surface area contributed by atoms with E-state index in [1.807, 2.05) is 18.3 Å². The van der Waals surface area contributed by atoms with Crippen LogP contribution >= 0.6 is 11.3 Å². The molecule has 5 rings (SSSR count). The van der Waals surface area contributed by atoms with Crippen molar-refractivity contribution < 1.29 is 4.74 Å². The maximum Gasteiger partial charge on any atom is 0.186 e. The first-order valence-electron chi connectivity index (χ1n) is 11.1. The van der Waals surface area contributed by atoms with Gasteiger partial charge in [0.05, 0.1) is 23.4 Å². The molecule has 2 fully saturated rings. The van der Waals surface area contributed by atoms with Crippen LogP contribution in [0.25, 0.3) is 21.8 Å². The molecule has 1 saturated carbocycles. The molecule has 0 unspecified atom stereocenters. The normalized spacial score (nSPS) is 17.9. The fourth-order valence-corrected chi connectivity index (χ4v) is 5.77. The van der Waals surface area contributed by atoms with E-state index in [0.717, 1.165) is 58.9 Å². The number of benzene rings is 1. The minimum atomic E-state index is 0.550. The van der Waals surface area contributed by atoms with Crippen LogP contribution in [0.5, 0.6) is 5.75 Å². The second kappa shape index (κ2) is 8.93. The van der Waals surface area contributed by atoms with Crippen molar-refractivity contribution in [3.05, 3.63) is 42.4 Å². The number of rotatable bonds is 5. The van der Waals surface area contributed by atoms with E-state index in [4.69, 9.17) is 14.7 Å². The van der Waals surface area contributed by atoms with Crippen LogP contribution < -0.4 is 9.64 Å². The average molecular weight is 436 g/mol. The van der Waals surface area contributed by atoms with Gasteiger partial charge in [-0.2, -0.15) is 0 Å². The van der Waals surface area contributed by atoms with Crippen LogP contribution in [0.4, 0.5) is 5.13 Å². The molecule has 1 aliphatic heterocycles. The standard InChI is InChI=1S/C24H29N5OS/c1-28-11-13-29(14-12-28)24-27-21(18-7-9-19(30-2)10-8-18)23(31-24)22-20(15-25-16-26-22)17-5-3-4-6-17/h7-10,15-17H,3-6,11-14H2,1-2H3. The van der Waals surface area contributed by atoms with Gasteiger partial charge in [0.2, 0.25) is 0 Å². The van der Waals surface area contributed by atoms with Gasteiger partial charge in [-0.1, -0.05) is 24.2 Å². The largest absolute Gasteiger partial charge is 0.497 e. The van der Waals surface area contributed by atoms with Crippen molar-refractivity contribution in [2.45, 2.75) is 31.6 Å². The molecule has 2 aromatic heterocycles. The molecule has 0 amide bonds. The van der Waals surface area contributed by atoms with Gasteiger partial charge in [-0.05, 0) is 50.1 Å². The first-order valence-corrected chi connectivity index (χ1v) is 11.9. The van der Waals surface area contributed by atoms with Gasteiger partial charge in [0.25, 0.3) is 0 Å². The number of hydrogen-bond donors (Lipinski definition) is 0. The second-order valence-corrected chi connectivity index (χ2v) is 9.48. The van der Waals surface area contributed by atoms with Crippen LogP contribution in [0.2, 0.25) is 0 Å².